The third kappa shape index (κ3) is 2.58. The quantitative estimate of drug-likeness (QED) is 0.878. The molecule has 1 saturated carbocycles. The average Bonchev–Trinajstić information content (AvgIpc) is 2.58. The summed E-state index contributed by atoms with van der Waals surface area (Å²) >= 11 is 3.45. The van der Waals surface area contributed by atoms with E-state index in [9.17, 15) is 4.39 Å². The highest BCUT2D eigenvalue weighted by Crippen LogP contribution is 2.30. The van der Waals surface area contributed by atoms with Gasteiger partial charge >= 0.3 is 0 Å². The third-order valence-electron chi connectivity index (χ3n) is 3.21. The van der Waals surface area contributed by atoms with Crippen LogP contribution in [-0.2, 0) is 6.42 Å². The molecule has 0 spiro atoms. The highest BCUT2D eigenvalue weighted by Gasteiger charge is 2.24. The Morgan fingerprint density at radius 1 is 1.40 bits per heavy atom. The molecule has 1 fully saturated rings. The van der Waals surface area contributed by atoms with Crippen LogP contribution in [0.5, 0.6) is 0 Å². The van der Waals surface area contributed by atoms with Crippen molar-refractivity contribution in [1.82, 2.24) is 0 Å². The molecule has 2 atom stereocenters. The minimum absolute atomic E-state index is 0.167. The van der Waals surface area contributed by atoms with Gasteiger partial charge in [-0.05, 0) is 48.9 Å². The van der Waals surface area contributed by atoms with Crippen molar-refractivity contribution in [3.8, 4) is 0 Å². The van der Waals surface area contributed by atoms with Gasteiger partial charge in [0.25, 0.3) is 0 Å². The molecule has 82 valence electrons. The Labute approximate surface area is 98.0 Å². The summed E-state index contributed by atoms with van der Waals surface area (Å²) in [4.78, 5) is 0. The summed E-state index contributed by atoms with van der Waals surface area (Å²) in [5, 5.41) is 0. The summed E-state index contributed by atoms with van der Waals surface area (Å²) in [5.41, 5.74) is 7.05. The second-order valence-corrected chi connectivity index (χ2v) is 5.15. The molecule has 0 saturated heterocycles. The number of nitrogens with two attached hydrogens (primary N) is 1. The van der Waals surface area contributed by atoms with Crippen LogP contribution in [0.4, 0.5) is 4.39 Å². The highest BCUT2D eigenvalue weighted by atomic mass is 79.9. The van der Waals surface area contributed by atoms with Crippen LogP contribution < -0.4 is 5.73 Å². The topological polar surface area (TPSA) is 26.0 Å². The molecule has 3 heteroatoms. The molecule has 0 radical (unpaired) electrons. The fourth-order valence-corrected chi connectivity index (χ4v) is 2.71. The maximum absolute atomic E-state index is 13.1. The summed E-state index contributed by atoms with van der Waals surface area (Å²) in [6, 6.07) is 5.14. The molecule has 0 heterocycles. The molecule has 2 N–H and O–H groups in total. The fraction of sp³-hybridized carbons (Fsp3) is 0.500. The van der Waals surface area contributed by atoms with Crippen molar-refractivity contribution in [2.75, 3.05) is 0 Å². The first kappa shape index (κ1) is 11.1. The molecule has 0 aliphatic heterocycles. The van der Waals surface area contributed by atoms with Gasteiger partial charge < -0.3 is 5.73 Å². The Hall–Kier alpha value is -0.410. The van der Waals surface area contributed by atoms with Crippen molar-refractivity contribution >= 4 is 15.9 Å². The standard InChI is InChI=1S/C12H15BrFN/c13-11-5-4-10(14)7-9(11)6-8-2-1-3-12(8)15/h4-5,7-8,12H,1-3,6,15H2. The maximum atomic E-state index is 13.1. The van der Waals surface area contributed by atoms with Crippen LogP contribution in [0.15, 0.2) is 22.7 Å². The molecular weight excluding hydrogens is 257 g/mol. The Balaban J connectivity index is 2.12. The van der Waals surface area contributed by atoms with Crippen LogP contribution >= 0.6 is 15.9 Å². The van der Waals surface area contributed by atoms with Crippen molar-refractivity contribution in [3.05, 3.63) is 34.1 Å². The van der Waals surface area contributed by atoms with E-state index in [1.165, 1.54) is 18.9 Å². The maximum Gasteiger partial charge on any atom is 0.123 e. The SMILES string of the molecule is NC1CCCC1Cc1cc(F)ccc1Br. The van der Waals surface area contributed by atoms with Crippen molar-refractivity contribution in [2.45, 2.75) is 31.7 Å². The first-order valence-corrected chi connectivity index (χ1v) is 6.15. The van der Waals surface area contributed by atoms with Gasteiger partial charge in [0, 0.05) is 10.5 Å². The Kier molecular flexibility index (Phi) is 3.42. The van der Waals surface area contributed by atoms with Crippen molar-refractivity contribution < 1.29 is 4.39 Å². The van der Waals surface area contributed by atoms with Crippen LogP contribution in [0.3, 0.4) is 0 Å². The molecule has 1 aliphatic carbocycles. The van der Waals surface area contributed by atoms with Gasteiger partial charge in [-0.3, -0.25) is 0 Å². The Bertz CT molecular complexity index is 353. The molecule has 1 aromatic rings. The van der Waals surface area contributed by atoms with E-state index in [4.69, 9.17) is 5.73 Å². The van der Waals surface area contributed by atoms with E-state index in [0.29, 0.717) is 12.0 Å². The fourth-order valence-electron chi connectivity index (χ4n) is 2.30. The predicted octanol–water partition coefficient (Wildman–Crippen LogP) is 3.26. The van der Waals surface area contributed by atoms with E-state index in [1.54, 1.807) is 12.1 Å². The largest absolute Gasteiger partial charge is 0.327 e. The summed E-state index contributed by atoms with van der Waals surface area (Å²) in [7, 11) is 0. The smallest absolute Gasteiger partial charge is 0.123 e. The molecule has 0 aromatic heterocycles. The van der Waals surface area contributed by atoms with Crippen LogP contribution in [0.1, 0.15) is 24.8 Å². The van der Waals surface area contributed by atoms with Gasteiger partial charge in [-0.2, -0.15) is 0 Å². The Morgan fingerprint density at radius 2 is 2.20 bits per heavy atom. The number of halogens is 2. The zero-order valence-corrected chi connectivity index (χ0v) is 10.1. The molecule has 2 unspecified atom stereocenters. The highest BCUT2D eigenvalue weighted by molar-refractivity contribution is 9.10. The van der Waals surface area contributed by atoms with Crippen LogP contribution in [0.25, 0.3) is 0 Å². The van der Waals surface area contributed by atoms with Gasteiger partial charge in [-0.25, -0.2) is 4.39 Å². The summed E-state index contributed by atoms with van der Waals surface area (Å²) in [6.45, 7) is 0. The van der Waals surface area contributed by atoms with Crippen molar-refractivity contribution in [2.24, 2.45) is 11.7 Å². The van der Waals surface area contributed by atoms with E-state index in [2.05, 4.69) is 15.9 Å². The molecule has 0 bridgehead atoms. The predicted molar refractivity (Wildman–Crippen MR) is 63.1 cm³/mol. The third-order valence-corrected chi connectivity index (χ3v) is 3.98. The van der Waals surface area contributed by atoms with Crippen LogP contribution in [0.2, 0.25) is 0 Å². The van der Waals surface area contributed by atoms with E-state index in [-0.39, 0.29) is 5.82 Å². The summed E-state index contributed by atoms with van der Waals surface area (Å²) in [5.74, 6) is 0.350. The molecule has 1 aliphatic rings. The van der Waals surface area contributed by atoms with Gasteiger partial charge in [0.2, 0.25) is 0 Å². The van der Waals surface area contributed by atoms with Gasteiger partial charge in [0.1, 0.15) is 5.82 Å². The number of hydrogen-bond donors (Lipinski definition) is 1. The molecule has 2 rings (SSSR count). The lowest BCUT2D eigenvalue weighted by Crippen LogP contribution is -2.26. The normalized spacial score (nSPS) is 25.8. The van der Waals surface area contributed by atoms with E-state index in [1.807, 2.05) is 0 Å². The minimum Gasteiger partial charge on any atom is -0.327 e. The molecule has 1 nitrogen and oxygen atoms in total. The summed E-state index contributed by atoms with van der Waals surface area (Å²) in [6.07, 6.45) is 4.37. The average molecular weight is 272 g/mol. The second kappa shape index (κ2) is 4.62. The lowest BCUT2D eigenvalue weighted by Gasteiger charge is -2.16. The van der Waals surface area contributed by atoms with E-state index < -0.39 is 0 Å². The monoisotopic (exact) mass is 271 g/mol. The van der Waals surface area contributed by atoms with Crippen molar-refractivity contribution in [3.63, 3.8) is 0 Å². The van der Waals surface area contributed by atoms with E-state index >= 15 is 0 Å². The van der Waals surface area contributed by atoms with E-state index in [0.717, 1.165) is 22.9 Å². The number of hydrogen-bond acceptors (Lipinski definition) is 1. The molecule has 15 heavy (non-hydrogen) atoms. The van der Waals surface area contributed by atoms with Gasteiger partial charge in [0.05, 0.1) is 0 Å². The zero-order chi connectivity index (χ0) is 10.8. The first-order chi connectivity index (χ1) is 7.16. The minimum atomic E-state index is -0.167. The molecule has 0 amide bonds. The van der Waals surface area contributed by atoms with Crippen LogP contribution in [-0.4, -0.2) is 6.04 Å². The van der Waals surface area contributed by atoms with Gasteiger partial charge in [0.15, 0.2) is 0 Å². The first-order valence-electron chi connectivity index (χ1n) is 5.36. The second-order valence-electron chi connectivity index (χ2n) is 4.29. The Morgan fingerprint density at radius 3 is 2.87 bits per heavy atom. The van der Waals surface area contributed by atoms with Gasteiger partial charge in [-0.1, -0.05) is 22.4 Å². The summed E-state index contributed by atoms with van der Waals surface area (Å²) < 4.78 is 14.1. The molecular formula is C12H15BrFN. The van der Waals surface area contributed by atoms with Gasteiger partial charge in [-0.15, -0.1) is 0 Å². The zero-order valence-electron chi connectivity index (χ0n) is 8.55. The van der Waals surface area contributed by atoms with Crippen LogP contribution in [0, 0.1) is 11.7 Å². The number of benzene rings is 1. The lowest BCUT2D eigenvalue weighted by molar-refractivity contribution is 0.476. The lowest BCUT2D eigenvalue weighted by atomic mass is 9.95. The number of rotatable bonds is 2. The van der Waals surface area contributed by atoms with Crippen molar-refractivity contribution in [1.29, 1.82) is 0 Å². The molecule has 1 aromatic carbocycles.